The van der Waals surface area contributed by atoms with E-state index in [0.29, 0.717) is 0 Å². The van der Waals surface area contributed by atoms with Gasteiger partial charge in [0.2, 0.25) is 0 Å². The molecule has 0 N–H and O–H groups in total. The van der Waals surface area contributed by atoms with Crippen LogP contribution in [0.2, 0.25) is 0 Å². The van der Waals surface area contributed by atoms with E-state index < -0.39 is 11.9 Å². The van der Waals surface area contributed by atoms with Crippen molar-refractivity contribution in [1.29, 1.82) is 0 Å². The molecule has 0 aliphatic heterocycles. The lowest BCUT2D eigenvalue weighted by Crippen LogP contribution is -2.08. The van der Waals surface area contributed by atoms with E-state index in [1.165, 1.54) is 6.92 Å². The van der Waals surface area contributed by atoms with Crippen molar-refractivity contribution in [3.63, 3.8) is 0 Å². The molecule has 1 aromatic rings. The van der Waals surface area contributed by atoms with Gasteiger partial charge in [0.15, 0.2) is 0 Å². The summed E-state index contributed by atoms with van der Waals surface area (Å²) in [5.74, 6) is 0.125. The summed E-state index contributed by atoms with van der Waals surface area (Å²) in [5, 5.41) is 0. The fourth-order valence-electron chi connectivity index (χ4n) is 0.614. The Balaban J connectivity index is 3.06. The second kappa shape index (κ2) is 2.48. The van der Waals surface area contributed by atoms with Crippen LogP contribution in [0.3, 0.4) is 0 Å². The van der Waals surface area contributed by atoms with E-state index >= 15 is 0 Å². The summed E-state index contributed by atoms with van der Waals surface area (Å²) in [5.41, 5.74) is -0.898. The summed E-state index contributed by atoms with van der Waals surface area (Å²) in [4.78, 5) is 6.75. The predicted octanol–water partition coefficient (Wildman–Crippen LogP) is 1.80. The Bertz CT molecular complexity index is 256. The van der Waals surface area contributed by atoms with E-state index in [-0.39, 0.29) is 5.82 Å². The molecule has 1 heterocycles. The number of halogens is 3. The largest absolute Gasteiger partial charge is 0.433 e. The molecule has 0 aliphatic rings. The molecule has 0 bridgehead atoms. The Morgan fingerprint density at radius 3 is 2.36 bits per heavy atom. The van der Waals surface area contributed by atoms with Gasteiger partial charge in [-0.15, -0.1) is 0 Å². The number of rotatable bonds is 0. The highest BCUT2D eigenvalue weighted by Crippen LogP contribution is 2.26. The predicted molar refractivity (Wildman–Crippen MR) is 31.8 cm³/mol. The van der Waals surface area contributed by atoms with E-state index in [0.717, 1.165) is 12.3 Å². The highest BCUT2D eigenvalue weighted by Gasteiger charge is 2.32. The van der Waals surface area contributed by atoms with Crippen molar-refractivity contribution < 1.29 is 13.2 Å². The Morgan fingerprint density at radius 1 is 1.36 bits per heavy atom. The molecular weight excluding hydrogens is 157 g/mol. The molecule has 0 aliphatic carbocycles. The van der Waals surface area contributed by atoms with Crippen LogP contribution in [0.5, 0.6) is 0 Å². The maximum absolute atomic E-state index is 11.9. The SMILES string of the molecule is Cc1nccc(C(F)(F)F)n1. The van der Waals surface area contributed by atoms with Crippen molar-refractivity contribution >= 4 is 0 Å². The van der Waals surface area contributed by atoms with Gasteiger partial charge in [-0.1, -0.05) is 0 Å². The summed E-state index contributed by atoms with van der Waals surface area (Å²) < 4.78 is 35.6. The molecule has 60 valence electrons. The molecule has 11 heavy (non-hydrogen) atoms. The second-order valence-electron chi connectivity index (χ2n) is 1.99. The number of hydrogen-bond acceptors (Lipinski definition) is 2. The van der Waals surface area contributed by atoms with Gasteiger partial charge in [0.05, 0.1) is 0 Å². The van der Waals surface area contributed by atoms with Crippen LogP contribution in [0.25, 0.3) is 0 Å². The monoisotopic (exact) mass is 162 g/mol. The van der Waals surface area contributed by atoms with Crippen LogP contribution in [-0.2, 0) is 6.18 Å². The highest BCUT2D eigenvalue weighted by atomic mass is 19.4. The van der Waals surface area contributed by atoms with Crippen LogP contribution in [0.15, 0.2) is 12.3 Å². The minimum atomic E-state index is -4.37. The third kappa shape index (κ3) is 1.89. The van der Waals surface area contributed by atoms with Crippen molar-refractivity contribution in [2.45, 2.75) is 13.1 Å². The quantitative estimate of drug-likeness (QED) is 0.581. The fraction of sp³-hybridized carbons (Fsp3) is 0.333. The lowest BCUT2D eigenvalue weighted by molar-refractivity contribution is -0.141. The molecule has 0 amide bonds. The lowest BCUT2D eigenvalue weighted by Gasteiger charge is -2.04. The number of alkyl halides is 3. The van der Waals surface area contributed by atoms with E-state index in [9.17, 15) is 13.2 Å². The molecule has 1 rings (SSSR count). The molecule has 0 atom stereocenters. The van der Waals surface area contributed by atoms with E-state index in [1.54, 1.807) is 0 Å². The summed E-state index contributed by atoms with van der Waals surface area (Å²) in [6.45, 7) is 1.41. The molecule has 5 heteroatoms. The third-order valence-electron chi connectivity index (χ3n) is 1.07. The van der Waals surface area contributed by atoms with Crippen LogP contribution in [0.1, 0.15) is 11.5 Å². The molecule has 0 saturated heterocycles. The van der Waals surface area contributed by atoms with Crippen molar-refractivity contribution in [3.8, 4) is 0 Å². The van der Waals surface area contributed by atoms with Gasteiger partial charge in [-0.05, 0) is 13.0 Å². The van der Waals surface area contributed by atoms with Crippen LogP contribution < -0.4 is 0 Å². The van der Waals surface area contributed by atoms with Gasteiger partial charge in [0.1, 0.15) is 11.5 Å². The first-order chi connectivity index (χ1) is 5.00. The Labute approximate surface area is 61.1 Å². The Kier molecular flexibility index (Phi) is 1.80. The van der Waals surface area contributed by atoms with Gasteiger partial charge < -0.3 is 0 Å². The first-order valence-electron chi connectivity index (χ1n) is 2.87. The normalized spacial score (nSPS) is 11.6. The van der Waals surface area contributed by atoms with Gasteiger partial charge in [-0.25, -0.2) is 9.97 Å². The Hall–Kier alpha value is -1.13. The van der Waals surface area contributed by atoms with Gasteiger partial charge in [0.25, 0.3) is 0 Å². The van der Waals surface area contributed by atoms with Gasteiger partial charge in [-0.3, -0.25) is 0 Å². The van der Waals surface area contributed by atoms with E-state index in [4.69, 9.17) is 0 Å². The van der Waals surface area contributed by atoms with Crippen molar-refractivity contribution in [2.75, 3.05) is 0 Å². The van der Waals surface area contributed by atoms with Crippen LogP contribution in [0, 0.1) is 6.92 Å². The van der Waals surface area contributed by atoms with Crippen LogP contribution in [0.4, 0.5) is 13.2 Å². The summed E-state index contributed by atoms with van der Waals surface area (Å²) >= 11 is 0. The number of hydrogen-bond donors (Lipinski definition) is 0. The van der Waals surface area contributed by atoms with Crippen molar-refractivity contribution in [2.24, 2.45) is 0 Å². The minimum Gasteiger partial charge on any atom is -0.242 e. The van der Waals surface area contributed by atoms with Gasteiger partial charge >= 0.3 is 6.18 Å². The number of nitrogens with zero attached hydrogens (tertiary/aromatic N) is 2. The second-order valence-corrected chi connectivity index (χ2v) is 1.99. The summed E-state index contributed by atoms with van der Waals surface area (Å²) in [6.07, 6.45) is -3.28. The molecule has 0 saturated carbocycles. The maximum atomic E-state index is 11.9. The molecule has 1 aromatic heterocycles. The Morgan fingerprint density at radius 2 is 2.00 bits per heavy atom. The molecule has 0 radical (unpaired) electrons. The lowest BCUT2D eigenvalue weighted by atomic mass is 10.4. The highest BCUT2D eigenvalue weighted by molar-refractivity contribution is 5.04. The molecule has 0 spiro atoms. The average molecular weight is 162 g/mol. The molecule has 0 aromatic carbocycles. The zero-order valence-electron chi connectivity index (χ0n) is 5.68. The third-order valence-corrected chi connectivity index (χ3v) is 1.07. The fourth-order valence-corrected chi connectivity index (χ4v) is 0.614. The topological polar surface area (TPSA) is 25.8 Å². The number of aryl methyl sites for hydroxylation is 1. The minimum absolute atomic E-state index is 0.125. The standard InChI is InChI=1S/C6H5F3N2/c1-4-10-3-2-5(11-4)6(7,8)9/h2-3H,1H3. The summed E-state index contributed by atoms with van der Waals surface area (Å²) in [6, 6.07) is 0.840. The molecular formula is C6H5F3N2. The van der Waals surface area contributed by atoms with Gasteiger partial charge in [0, 0.05) is 6.20 Å². The van der Waals surface area contributed by atoms with Gasteiger partial charge in [-0.2, -0.15) is 13.2 Å². The zero-order chi connectivity index (χ0) is 8.48. The zero-order valence-corrected chi connectivity index (χ0v) is 5.68. The van der Waals surface area contributed by atoms with Crippen molar-refractivity contribution in [1.82, 2.24) is 9.97 Å². The van der Waals surface area contributed by atoms with Crippen LogP contribution in [-0.4, -0.2) is 9.97 Å². The van der Waals surface area contributed by atoms with Crippen LogP contribution >= 0.6 is 0 Å². The van der Waals surface area contributed by atoms with E-state index in [1.807, 2.05) is 0 Å². The summed E-state index contributed by atoms with van der Waals surface area (Å²) in [7, 11) is 0. The van der Waals surface area contributed by atoms with E-state index in [2.05, 4.69) is 9.97 Å². The molecule has 0 unspecified atom stereocenters. The molecule has 0 fully saturated rings. The number of aromatic nitrogens is 2. The maximum Gasteiger partial charge on any atom is 0.433 e. The molecule has 2 nitrogen and oxygen atoms in total. The first-order valence-corrected chi connectivity index (χ1v) is 2.87. The average Bonchev–Trinajstić information content (AvgIpc) is 1.86. The first kappa shape index (κ1) is 7.97. The smallest absolute Gasteiger partial charge is 0.242 e. The van der Waals surface area contributed by atoms with Crippen molar-refractivity contribution in [3.05, 3.63) is 23.8 Å².